The van der Waals surface area contributed by atoms with Gasteiger partial charge in [-0.05, 0) is 68.7 Å². The highest BCUT2D eigenvalue weighted by Gasteiger charge is 2.04. The highest BCUT2D eigenvalue weighted by atomic mass is 31.2. The third kappa shape index (κ3) is 25.0. The van der Waals surface area contributed by atoms with E-state index in [4.69, 9.17) is 19.0 Å². The van der Waals surface area contributed by atoms with Gasteiger partial charge < -0.3 is 29.3 Å². The van der Waals surface area contributed by atoms with Gasteiger partial charge in [-0.1, -0.05) is 134 Å². The van der Waals surface area contributed by atoms with Gasteiger partial charge in [0.1, 0.15) is 5.75 Å². The van der Waals surface area contributed by atoms with Gasteiger partial charge in [-0.25, -0.2) is 0 Å². The third-order valence-electron chi connectivity index (χ3n) is 8.12. The molecule has 0 aliphatic heterocycles. The van der Waals surface area contributed by atoms with Gasteiger partial charge in [0.15, 0.2) is 5.88 Å². The molecule has 1 heterocycles. The van der Waals surface area contributed by atoms with E-state index in [9.17, 15) is 4.79 Å². The Bertz CT molecular complexity index is 1180. The molecule has 0 aliphatic carbocycles. The summed E-state index contributed by atoms with van der Waals surface area (Å²) in [5.41, 5.74) is 2.20. The van der Waals surface area contributed by atoms with E-state index >= 15 is 0 Å². The summed E-state index contributed by atoms with van der Waals surface area (Å²) in [5, 5.41) is 3.78. The molecule has 2 aromatic carbocycles. The van der Waals surface area contributed by atoms with Crippen molar-refractivity contribution in [2.45, 2.75) is 143 Å². The van der Waals surface area contributed by atoms with Crippen LogP contribution >= 0.6 is 8.60 Å². The van der Waals surface area contributed by atoms with Crippen molar-refractivity contribution < 1.29 is 23.8 Å². The SMILES string of the molecule is CCCCC.CCCCCCCC/C=C\CCCCCCCC(=O)NC.OP(O)OCCCc1ccc(Oc2cc3ccccc3[nH]2)cc1. The van der Waals surface area contributed by atoms with E-state index < -0.39 is 8.60 Å². The van der Waals surface area contributed by atoms with Gasteiger partial charge in [-0.3, -0.25) is 4.79 Å². The highest BCUT2D eigenvalue weighted by Crippen LogP contribution is 2.26. The van der Waals surface area contributed by atoms with Crippen molar-refractivity contribution in [3.63, 3.8) is 0 Å². The number of unbranched alkanes of at least 4 members (excludes halogenated alkanes) is 13. The number of aromatic amines is 1. The zero-order valence-corrected chi connectivity index (χ0v) is 32.0. The number of amides is 1. The molecule has 0 fully saturated rings. The molecule has 0 unspecified atom stereocenters. The maximum absolute atomic E-state index is 11.0. The average molecular weight is 699 g/mol. The maximum atomic E-state index is 11.0. The molecule has 0 saturated heterocycles. The van der Waals surface area contributed by atoms with Crippen LogP contribution in [0.4, 0.5) is 0 Å². The Morgan fingerprint density at radius 3 is 1.92 bits per heavy atom. The van der Waals surface area contributed by atoms with E-state index in [0.717, 1.165) is 41.5 Å². The molecule has 0 atom stereocenters. The number of fused-ring (bicyclic) bond motifs is 1. The number of aromatic nitrogens is 1. The average Bonchev–Trinajstić information content (AvgIpc) is 3.52. The van der Waals surface area contributed by atoms with Gasteiger partial charge in [0.25, 0.3) is 0 Å². The molecule has 8 heteroatoms. The molecule has 276 valence electrons. The van der Waals surface area contributed by atoms with Crippen molar-refractivity contribution in [2.75, 3.05) is 13.7 Å². The number of nitrogens with one attached hydrogen (secondary N) is 2. The zero-order chi connectivity index (χ0) is 35.8. The molecule has 0 saturated carbocycles. The van der Waals surface area contributed by atoms with Gasteiger partial charge in [0, 0.05) is 30.4 Å². The lowest BCUT2D eigenvalue weighted by Gasteiger charge is -2.06. The van der Waals surface area contributed by atoms with Gasteiger partial charge in [0.05, 0.1) is 6.61 Å². The highest BCUT2D eigenvalue weighted by molar-refractivity contribution is 7.39. The lowest BCUT2D eigenvalue weighted by molar-refractivity contribution is -0.120. The molecule has 4 N–H and O–H groups in total. The Morgan fingerprint density at radius 2 is 1.35 bits per heavy atom. The van der Waals surface area contributed by atoms with E-state index in [0.29, 0.717) is 18.9 Å². The zero-order valence-electron chi connectivity index (χ0n) is 31.1. The van der Waals surface area contributed by atoms with Gasteiger partial charge >= 0.3 is 8.60 Å². The quantitative estimate of drug-likeness (QED) is 0.0423. The minimum absolute atomic E-state index is 0.174. The van der Waals surface area contributed by atoms with Crippen molar-refractivity contribution in [3.05, 3.63) is 72.3 Å². The van der Waals surface area contributed by atoms with Crippen molar-refractivity contribution in [1.82, 2.24) is 10.3 Å². The second-order valence-corrected chi connectivity index (χ2v) is 13.3. The smallest absolute Gasteiger partial charge is 0.327 e. The summed E-state index contributed by atoms with van der Waals surface area (Å²) in [4.78, 5) is 31.6. The minimum atomic E-state index is -2.25. The number of aryl methyl sites for hydroxylation is 1. The van der Waals surface area contributed by atoms with Gasteiger partial charge in [0.2, 0.25) is 5.91 Å². The number of ether oxygens (including phenoxy) is 1. The van der Waals surface area contributed by atoms with Crippen molar-refractivity contribution in [2.24, 2.45) is 0 Å². The van der Waals surface area contributed by atoms with Crippen LogP contribution in [0.3, 0.4) is 0 Å². The third-order valence-corrected chi connectivity index (χ3v) is 8.54. The monoisotopic (exact) mass is 698 g/mol. The van der Waals surface area contributed by atoms with Crippen LogP contribution in [0.1, 0.15) is 142 Å². The molecular formula is C41H67N2O5P. The lowest BCUT2D eigenvalue weighted by atomic mass is 10.1. The van der Waals surface area contributed by atoms with E-state index in [2.05, 4.69) is 43.2 Å². The van der Waals surface area contributed by atoms with Crippen LogP contribution < -0.4 is 10.1 Å². The first-order chi connectivity index (χ1) is 23.9. The first-order valence-electron chi connectivity index (χ1n) is 18.9. The Kier molecular flexibility index (Phi) is 28.3. The Labute approximate surface area is 299 Å². The Hall–Kier alpha value is -2.70. The second-order valence-electron chi connectivity index (χ2n) is 12.5. The molecule has 0 bridgehead atoms. The molecule has 3 rings (SSSR count). The van der Waals surface area contributed by atoms with Crippen LogP contribution in [0.15, 0.2) is 66.7 Å². The number of hydrogen-bond donors (Lipinski definition) is 4. The molecule has 49 heavy (non-hydrogen) atoms. The van der Waals surface area contributed by atoms with Crippen LogP contribution in [0.25, 0.3) is 10.9 Å². The van der Waals surface area contributed by atoms with Gasteiger partial charge in [-0.15, -0.1) is 0 Å². The Balaban J connectivity index is 0.000000433. The van der Waals surface area contributed by atoms with Gasteiger partial charge in [-0.2, -0.15) is 0 Å². The molecule has 1 amide bonds. The predicted octanol–water partition coefficient (Wildman–Crippen LogP) is 12.1. The van der Waals surface area contributed by atoms with E-state index in [1.54, 1.807) is 7.05 Å². The molecular weight excluding hydrogens is 631 g/mol. The largest absolute Gasteiger partial charge is 0.441 e. The van der Waals surface area contributed by atoms with E-state index in [1.807, 2.05) is 54.6 Å². The van der Waals surface area contributed by atoms with Crippen LogP contribution in [-0.4, -0.2) is 34.3 Å². The molecule has 0 radical (unpaired) electrons. The molecule has 0 spiro atoms. The first-order valence-corrected chi connectivity index (χ1v) is 20.1. The summed E-state index contributed by atoms with van der Waals surface area (Å²) in [7, 11) is -0.539. The van der Waals surface area contributed by atoms with E-state index in [-0.39, 0.29) is 5.91 Å². The topological polar surface area (TPSA) is 104 Å². The number of hydrogen-bond acceptors (Lipinski definition) is 5. The summed E-state index contributed by atoms with van der Waals surface area (Å²) >= 11 is 0. The summed E-state index contributed by atoms with van der Waals surface area (Å²) in [5.74, 6) is 1.66. The van der Waals surface area contributed by atoms with Crippen molar-refractivity contribution >= 4 is 25.4 Å². The Morgan fingerprint density at radius 1 is 0.755 bits per heavy atom. The predicted molar refractivity (Wildman–Crippen MR) is 209 cm³/mol. The number of benzene rings is 2. The second kappa shape index (κ2) is 31.3. The fourth-order valence-electron chi connectivity index (χ4n) is 5.21. The molecule has 7 nitrogen and oxygen atoms in total. The van der Waals surface area contributed by atoms with Crippen molar-refractivity contribution in [3.8, 4) is 11.6 Å². The minimum Gasteiger partial charge on any atom is -0.441 e. The molecule has 3 aromatic rings. The first kappa shape index (κ1) is 44.3. The van der Waals surface area contributed by atoms with Crippen LogP contribution in [0.2, 0.25) is 0 Å². The maximum Gasteiger partial charge on any atom is 0.327 e. The number of carbonyl (C=O) groups excluding carboxylic acids is 1. The number of allylic oxidation sites excluding steroid dienone is 2. The molecule has 0 aliphatic rings. The summed E-state index contributed by atoms with van der Waals surface area (Å²) in [6.07, 6.45) is 28.0. The van der Waals surface area contributed by atoms with Crippen LogP contribution in [-0.2, 0) is 15.7 Å². The fourth-order valence-corrected chi connectivity index (χ4v) is 5.50. The lowest BCUT2D eigenvalue weighted by Crippen LogP contribution is -2.16. The fraction of sp³-hybridized carbons (Fsp3) is 0.585. The summed E-state index contributed by atoms with van der Waals surface area (Å²) < 4.78 is 10.6. The van der Waals surface area contributed by atoms with Crippen LogP contribution in [0.5, 0.6) is 11.6 Å². The number of H-pyrrole nitrogens is 1. The normalized spacial score (nSPS) is 10.9. The summed E-state index contributed by atoms with van der Waals surface area (Å²) in [6, 6.07) is 17.8. The number of rotatable bonds is 24. The molecule has 1 aromatic heterocycles. The standard InChI is InChI=1S/C19H37NO.C17H18NO4P.C5H12/c1-3-4-5-6-7-8-9-10-11-12-13-14-15-16-17-18-19(21)20-2;19-23(20)21-11-3-4-13-7-9-15(10-8-13)22-17-12-14-5-1-2-6-16(14)18-17;1-3-5-4-2/h10-11H,3-9,12-18H2,1-2H3,(H,20,21);1-2,5-10,12,18-20H,3-4,11H2;3-5H2,1-2H3/b11-10-;;. The van der Waals surface area contributed by atoms with Crippen LogP contribution in [0, 0.1) is 0 Å². The van der Waals surface area contributed by atoms with Crippen molar-refractivity contribution in [1.29, 1.82) is 0 Å². The number of carbonyl (C=O) groups is 1. The van der Waals surface area contributed by atoms with E-state index in [1.165, 1.54) is 96.3 Å². The summed E-state index contributed by atoms with van der Waals surface area (Å²) in [6.45, 7) is 7.03. The number of para-hydroxylation sites is 1.